The van der Waals surface area contributed by atoms with E-state index in [1.54, 1.807) is 4.90 Å². The lowest BCUT2D eigenvalue weighted by Crippen LogP contribution is -2.45. The van der Waals surface area contributed by atoms with Crippen molar-refractivity contribution < 1.29 is 9.59 Å². The predicted molar refractivity (Wildman–Crippen MR) is 78.0 cm³/mol. The molecule has 5 heteroatoms. The van der Waals surface area contributed by atoms with Gasteiger partial charge in [0.1, 0.15) is 0 Å². The maximum atomic E-state index is 11.9. The summed E-state index contributed by atoms with van der Waals surface area (Å²) in [6.07, 6.45) is 1.75. The highest BCUT2D eigenvalue weighted by atomic mass is 16.2. The first kappa shape index (κ1) is 17.9. The highest BCUT2D eigenvalue weighted by molar-refractivity contribution is 6.35. The van der Waals surface area contributed by atoms with E-state index in [0.717, 1.165) is 32.5 Å². The fraction of sp³-hybridized carbons (Fsp3) is 0.857. The summed E-state index contributed by atoms with van der Waals surface area (Å²) in [5.74, 6) is -0.877. The molecular formula is C14H29N3O2. The number of nitrogens with zero attached hydrogens (tertiary/aromatic N) is 2. The molecule has 0 radical (unpaired) electrons. The fourth-order valence-electron chi connectivity index (χ4n) is 1.94. The second-order valence-electron chi connectivity index (χ2n) is 4.57. The lowest BCUT2D eigenvalue weighted by Gasteiger charge is -2.21. The standard InChI is InChI=1S/C14H29N3O2/c1-5-10-17(11-6-2)14(19)13(18)15-9-12-16(7-3)8-4/h5-12H2,1-4H3,(H,15,18). The van der Waals surface area contributed by atoms with Crippen molar-refractivity contribution in [2.75, 3.05) is 39.3 Å². The number of likely N-dealkylation sites (N-methyl/N-ethyl adjacent to an activating group) is 1. The summed E-state index contributed by atoms with van der Waals surface area (Å²) in [6.45, 7) is 12.7. The Bertz CT molecular complexity index is 259. The van der Waals surface area contributed by atoms with Crippen molar-refractivity contribution in [3.63, 3.8) is 0 Å². The van der Waals surface area contributed by atoms with E-state index in [1.165, 1.54) is 0 Å². The van der Waals surface area contributed by atoms with Crippen LogP contribution in [0.3, 0.4) is 0 Å². The molecule has 0 heterocycles. The molecule has 0 spiro atoms. The van der Waals surface area contributed by atoms with Crippen LogP contribution in [0.5, 0.6) is 0 Å². The smallest absolute Gasteiger partial charge is 0.311 e. The topological polar surface area (TPSA) is 52.7 Å². The third kappa shape index (κ3) is 7.15. The summed E-state index contributed by atoms with van der Waals surface area (Å²) in [4.78, 5) is 27.6. The average Bonchev–Trinajstić information content (AvgIpc) is 2.42. The van der Waals surface area contributed by atoms with Crippen molar-refractivity contribution in [3.8, 4) is 0 Å². The minimum absolute atomic E-state index is 0.400. The van der Waals surface area contributed by atoms with Gasteiger partial charge >= 0.3 is 11.8 Å². The van der Waals surface area contributed by atoms with Crippen molar-refractivity contribution in [2.45, 2.75) is 40.5 Å². The van der Waals surface area contributed by atoms with E-state index in [-0.39, 0.29) is 0 Å². The zero-order chi connectivity index (χ0) is 14.7. The van der Waals surface area contributed by atoms with Crippen LogP contribution in [0.25, 0.3) is 0 Å². The average molecular weight is 271 g/mol. The van der Waals surface area contributed by atoms with Gasteiger partial charge in [0, 0.05) is 26.2 Å². The first-order valence-corrected chi connectivity index (χ1v) is 7.39. The maximum Gasteiger partial charge on any atom is 0.311 e. The van der Waals surface area contributed by atoms with E-state index in [0.29, 0.717) is 19.6 Å². The molecule has 1 N–H and O–H groups in total. The molecule has 112 valence electrons. The fourth-order valence-corrected chi connectivity index (χ4v) is 1.94. The van der Waals surface area contributed by atoms with Gasteiger partial charge in [-0.1, -0.05) is 27.7 Å². The quantitative estimate of drug-likeness (QED) is 0.639. The number of carbonyl (C=O) groups excluding carboxylic acids is 2. The number of carbonyl (C=O) groups is 2. The first-order chi connectivity index (χ1) is 9.10. The number of rotatable bonds is 9. The molecule has 0 atom stereocenters. The normalized spacial score (nSPS) is 10.6. The monoisotopic (exact) mass is 271 g/mol. The first-order valence-electron chi connectivity index (χ1n) is 7.39. The number of amides is 2. The van der Waals surface area contributed by atoms with E-state index in [9.17, 15) is 9.59 Å². The van der Waals surface area contributed by atoms with Gasteiger partial charge in [0.15, 0.2) is 0 Å². The molecule has 0 rings (SSSR count). The summed E-state index contributed by atoms with van der Waals surface area (Å²) in [5.41, 5.74) is 0. The molecule has 0 aromatic heterocycles. The van der Waals surface area contributed by atoms with E-state index in [2.05, 4.69) is 24.1 Å². The van der Waals surface area contributed by atoms with Gasteiger partial charge in [0.25, 0.3) is 0 Å². The van der Waals surface area contributed by atoms with Gasteiger partial charge in [-0.15, -0.1) is 0 Å². The molecule has 0 aromatic rings. The minimum atomic E-state index is -0.478. The Morgan fingerprint density at radius 2 is 1.42 bits per heavy atom. The Hall–Kier alpha value is -1.10. The van der Waals surface area contributed by atoms with Gasteiger partial charge in [-0.2, -0.15) is 0 Å². The van der Waals surface area contributed by atoms with Crippen LogP contribution in [0.1, 0.15) is 40.5 Å². The van der Waals surface area contributed by atoms with Crippen molar-refractivity contribution in [1.82, 2.24) is 15.1 Å². The Kier molecular flexibility index (Phi) is 10.2. The van der Waals surface area contributed by atoms with Gasteiger partial charge < -0.3 is 15.1 Å². The van der Waals surface area contributed by atoms with Crippen molar-refractivity contribution >= 4 is 11.8 Å². The highest BCUT2D eigenvalue weighted by Gasteiger charge is 2.19. The Balaban J connectivity index is 4.13. The SMILES string of the molecule is CCCN(CCC)C(=O)C(=O)NCCN(CC)CC. The van der Waals surface area contributed by atoms with Gasteiger partial charge in [-0.3, -0.25) is 9.59 Å². The lowest BCUT2D eigenvalue weighted by molar-refractivity contribution is -0.145. The Morgan fingerprint density at radius 3 is 1.84 bits per heavy atom. The van der Waals surface area contributed by atoms with Crippen LogP contribution in [0.15, 0.2) is 0 Å². The summed E-state index contributed by atoms with van der Waals surface area (Å²) in [6, 6.07) is 0. The Labute approximate surface area is 117 Å². The van der Waals surface area contributed by atoms with Gasteiger partial charge in [-0.05, 0) is 25.9 Å². The predicted octanol–water partition coefficient (Wildman–Crippen LogP) is 1.09. The second kappa shape index (κ2) is 10.8. The summed E-state index contributed by atoms with van der Waals surface area (Å²) < 4.78 is 0. The number of hydrogen-bond donors (Lipinski definition) is 1. The van der Waals surface area contributed by atoms with Crippen LogP contribution in [-0.2, 0) is 9.59 Å². The number of nitrogens with one attached hydrogen (secondary N) is 1. The van der Waals surface area contributed by atoms with Gasteiger partial charge in [0.05, 0.1) is 0 Å². The van der Waals surface area contributed by atoms with Crippen molar-refractivity contribution in [3.05, 3.63) is 0 Å². The number of hydrogen-bond acceptors (Lipinski definition) is 3. The summed E-state index contributed by atoms with van der Waals surface area (Å²) in [5, 5.41) is 2.71. The third-order valence-corrected chi connectivity index (χ3v) is 3.08. The van der Waals surface area contributed by atoms with Crippen LogP contribution in [-0.4, -0.2) is 60.9 Å². The summed E-state index contributed by atoms with van der Waals surface area (Å²) >= 11 is 0. The molecule has 5 nitrogen and oxygen atoms in total. The molecule has 2 amide bonds. The van der Waals surface area contributed by atoms with Crippen LogP contribution in [0.4, 0.5) is 0 Å². The molecule has 0 aliphatic carbocycles. The van der Waals surface area contributed by atoms with Crippen LogP contribution in [0.2, 0.25) is 0 Å². The van der Waals surface area contributed by atoms with Crippen LogP contribution in [0, 0.1) is 0 Å². The van der Waals surface area contributed by atoms with E-state index >= 15 is 0 Å². The maximum absolute atomic E-state index is 11.9. The molecule has 0 saturated carbocycles. The minimum Gasteiger partial charge on any atom is -0.347 e. The molecule has 0 fully saturated rings. The van der Waals surface area contributed by atoms with E-state index < -0.39 is 11.8 Å². The molecule has 0 aromatic carbocycles. The van der Waals surface area contributed by atoms with E-state index in [4.69, 9.17) is 0 Å². The molecule has 0 unspecified atom stereocenters. The summed E-state index contributed by atoms with van der Waals surface area (Å²) in [7, 11) is 0. The molecule has 0 aliphatic rings. The zero-order valence-corrected chi connectivity index (χ0v) is 12.9. The highest BCUT2D eigenvalue weighted by Crippen LogP contribution is 1.95. The molecular weight excluding hydrogens is 242 g/mol. The third-order valence-electron chi connectivity index (χ3n) is 3.08. The molecule has 0 saturated heterocycles. The van der Waals surface area contributed by atoms with Crippen molar-refractivity contribution in [2.24, 2.45) is 0 Å². The van der Waals surface area contributed by atoms with Crippen LogP contribution >= 0.6 is 0 Å². The molecule has 0 aliphatic heterocycles. The van der Waals surface area contributed by atoms with Gasteiger partial charge in [-0.25, -0.2) is 0 Å². The Morgan fingerprint density at radius 1 is 0.895 bits per heavy atom. The van der Waals surface area contributed by atoms with Gasteiger partial charge in [0.2, 0.25) is 0 Å². The van der Waals surface area contributed by atoms with E-state index in [1.807, 2.05) is 13.8 Å². The van der Waals surface area contributed by atoms with Crippen LogP contribution < -0.4 is 5.32 Å². The second-order valence-corrected chi connectivity index (χ2v) is 4.57. The molecule has 19 heavy (non-hydrogen) atoms. The zero-order valence-electron chi connectivity index (χ0n) is 12.9. The van der Waals surface area contributed by atoms with Crippen molar-refractivity contribution in [1.29, 1.82) is 0 Å². The largest absolute Gasteiger partial charge is 0.347 e. The lowest BCUT2D eigenvalue weighted by atomic mass is 10.3. The molecule has 0 bridgehead atoms.